The van der Waals surface area contributed by atoms with E-state index in [2.05, 4.69) is 0 Å². The van der Waals surface area contributed by atoms with Gasteiger partial charge in [0.1, 0.15) is 0 Å². The SMILES string of the molecule is CCOc1ccc(C(=O)C(C)N)cc1OCC. The molecule has 1 aromatic carbocycles. The molecule has 2 N–H and O–H groups in total. The van der Waals surface area contributed by atoms with Crippen LogP contribution in [0.4, 0.5) is 0 Å². The number of benzene rings is 1. The molecular weight excluding hydrogens is 218 g/mol. The molecule has 4 heteroatoms. The van der Waals surface area contributed by atoms with Gasteiger partial charge in [0.25, 0.3) is 0 Å². The van der Waals surface area contributed by atoms with Crippen LogP contribution in [0.15, 0.2) is 18.2 Å². The van der Waals surface area contributed by atoms with Crippen LogP contribution in [-0.2, 0) is 0 Å². The third kappa shape index (κ3) is 3.46. The molecule has 17 heavy (non-hydrogen) atoms. The summed E-state index contributed by atoms with van der Waals surface area (Å²) in [4.78, 5) is 11.7. The number of ether oxygens (including phenoxy) is 2. The molecule has 0 bridgehead atoms. The summed E-state index contributed by atoms with van der Waals surface area (Å²) in [6.07, 6.45) is 0. The lowest BCUT2D eigenvalue weighted by Gasteiger charge is -2.12. The number of ketones is 1. The Morgan fingerprint density at radius 3 is 2.35 bits per heavy atom. The lowest BCUT2D eigenvalue weighted by molar-refractivity contribution is 0.0967. The maximum atomic E-state index is 11.7. The van der Waals surface area contributed by atoms with E-state index in [0.717, 1.165) is 0 Å². The van der Waals surface area contributed by atoms with Gasteiger partial charge in [0.2, 0.25) is 0 Å². The van der Waals surface area contributed by atoms with E-state index in [1.165, 1.54) is 0 Å². The fourth-order valence-electron chi connectivity index (χ4n) is 1.47. The molecule has 0 fully saturated rings. The maximum absolute atomic E-state index is 11.7. The fraction of sp³-hybridized carbons (Fsp3) is 0.462. The van der Waals surface area contributed by atoms with Crippen molar-refractivity contribution in [2.75, 3.05) is 13.2 Å². The minimum atomic E-state index is -0.512. The molecule has 0 aliphatic heterocycles. The molecule has 0 saturated heterocycles. The van der Waals surface area contributed by atoms with Gasteiger partial charge in [-0.1, -0.05) is 0 Å². The van der Waals surface area contributed by atoms with Crippen LogP contribution in [0, 0.1) is 0 Å². The average Bonchev–Trinajstić information content (AvgIpc) is 2.31. The van der Waals surface area contributed by atoms with Crippen molar-refractivity contribution in [1.29, 1.82) is 0 Å². The van der Waals surface area contributed by atoms with Crippen LogP contribution >= 0.6 is 0 Å². The third-order valence-electron chi connectivity index (χ3n) is 2.24. The second-order valence-electron chi connectivity index (χ2n) is 3.68. The van der Waals surface area contributed by atoms with Crippen LogP contribution in [0.5, 0.6) is 11.5 Å². The van der Waals surface area contributed by atoms with E-state index >= 15 is 0 Å². The van der Waals surface area contributed by atoms with Gasteiger partial charge in [-0.3, -0.25) is 4.79 Å². The van der Waals surface area contributed by atoms with Gasteiger partial charge in [-0.2, -0.15) is 0 Å². The number of rotatable bonds is 6. The molecule has 1 unspecified atom stereocenters. The second-order valence-corrected chi connectivity index (χ2v) is 3.68. The average molecular weight is 237 g/mol. The second kappa shape index (κ2) is 6.25. The number of hydrogen-bond acceptors (Lipinski definition) is 4. The zero-order valence-corrected chi connectivity index (χ0v) is 10.5. The highest BCUT2D eigenvalue weighted by atomic mass is 16.5. The van der Waals surface area contributed by atoms with Gasteiger partial charge in [0.05, 0.1) is 19.3 Å². The van der Waals surface area contributed by atoms with Crippen molar-refractivity contribution in [3.63, 3.8) is 0 Å². The van der Waals surface area contributed by atoms with Gasteiger partial charge in [0, 0.05) is 5.56 Å². The van der Waals surface area contributed by atoms with Crippen molar-refractivity contribution in [2.45, 2.75) is 26.8 Å². The van der Waals surface area contributed by atoms with Crippen molar-refractivity contribution < 1.29 is 14.3 Å². The first-order valence-corrected chi connectivity index (χ1v) is 5.79. The Kier molecular flexibility index (Phi) is 4.97. The fourth-order valence-corrected chi connectivity index (χ4v) is 1.47. The highest BCUT2D eigenvalue weighted by Gasteiger charge is 2.14. The van der Waals surface area contributed by atoms with Gasteiger partial charge >= 0.3 is 0 Å². The topological polar surface area (TPSA) is 61.5 Å². The molecule has 1 aromatic rings. The summed E-state index contributed by atoms with van der Waals surface area (Å²) in [6.45, 7) is 6.53. The van der Waals surface area contributed by atoms with Crippen molar-refractivity contribution in [2.24, 2.45) is 5.73 Å². The van der Waals surface area contributed by atoms with Crippen molar-refractivity contribution in [1.82, 2.24) is 0 Å². The number of carbonyl (C=O) groups is 1. The quantitative estimate of drug-likeness (QED) is 0.769. The monoisotopic (exact) mass is 237 g/mol. The number of carbonyl (C=O) groups excluding carboxylic acids is 1. The molecule has 0 amide bonds. The van der Waals surface area contributed by atoms with Crippen LogP contribution in [0.25, 0.3) is 0 Å². The van der Waals surface area contributed by atoms with Crippen molar-refractivity contribution in [3.8, 4) is 11.5 Å². The molecule has 0 saturated carbocycles. The van der Waals surface area contributed by atoms with Gasteiger partial charge < -0.3 is 15.2 Å². The molecule has 0 aliphatic carbocycles. The van der Waals surface area contributed by atoms with Crippen molar-refractivity contribution >= 4 is 5.78 Å². The lowest BCUT2D eigenvalue weighted by atomic mass is 10.1. The molecule has 0 aliphatic rings. The van der Waals surface area contributed by atoms with Crippen LogP contribution in [0.1, 0.15) is 31.1 Å². The Hall–Kier alpha value is -1.55. The van der Waals surface area contributed by atoms with Crippen LogP contribution in [-0.4, -0.2) is 25.0 Å². The van der Waals surface area contributed by atoms with Gasteiger partial charge in [-0.25, -0.2) is 0 Å². The van der Waals surface area contributed by atoms with E-state index in [-0.39, 0.29) is 5.78 Å². The standard InChI is InChI=1S/C13H19NO3/c1-4-16-11-7-6-10(13(15)9(3)14)8-12(11)17-5-2/h6-9H,4-5,14H2,1-3H3. The summed E-state index contributed by atoms with van der Waals surface area (Å²) >= 11 is 0. The lowest BCUT2D eigenvalue weighted by Crippen LogP contribution is -2.26. The molecule has 1 atom stereocenters. The molecule has 0 heterocycles. The minimum absolute atomic E-state index is 0.103. The van der Waals surface area contributed by atoms with E-state index in [4.69, 9.17) is 15.2 Å². The smallest absolute Gasteiger partial charge is 0.179 e. The highest BCUT2D eigenvalue weighted by Crippen LogP contribution is 2.28. The first-order valence-electron chi connectivity index (χ1n) is 5.79. The molecule has 1 rings (SSSR count). The van der Waals surface area contributed by atoms with Gasteiger partial charge in [-0.15, -0.1) is 0 Å². The first-order chi connectivity index (χ1) is 8.10. The van der Waals surface area contributed by atoms with Crippen LogP contribution in [0.3, 0.4) is 0 Å². The summed E-state index contributed by atoms with van der Waals surface area (Å²) in [7, 11) is 0. The first kappa shape index (κ1) is 13.5. The summed E-state index contributed by atoms with van der Waals surface area (Å²) < 4.78 is 10.9. The molecule has 0 aromatic heterocycles. The summed E-state index contributed by atoms with van der Waals surface area (Å²) in [5.41, 5.74) is 6.12. The Labute approximate surface area is 102 Å². The molecular formula is C13H19NO3. The summed E-state index contributed by atoms with van der Waals surface area (Å²) in [6, 6.07) is 4.62. The summed E-state index contributed by atoms with van der Waals surface area (Å²) in [5.74, 6) is 1.13. The summed E-state index contributed by atoms with van der Waals surface area (Å²) in [5, 5.41) is 0. The van der Waals surface area contributed by atoms with Crippen molar-refractivity contribution in [3.05, 3.63) is 23.8 Å². The van der Waals surface area contributed by atoms with Crippen LogP contribution in [0.2, 0.25) is 0 Å². The molecule has 4 nitrogen and oxygen atoms in total. The normalized spacial score (nSPS) is 12.0. The Bertz CT molecular complexity index is 388. The predicted molar refractivity (Wildman–Crippen MR) is 66.8 cm³/mol. The Morgan fingerprint density at radius 2 is 1.82 bits per heavy atom. The van der Waals surface area contributed by atoms with Gasteiger partial charge in [0.15, 0.2) is 17.3 Å². The number of Topliss-reactive ketones (excluding diaryl/α,β-unsaturated/α-hetero) is 1. The van der Waals surface area contributed by atoms with E-state index in [1.54, 1.807) is 25.1 Å². The minimum Gasteiger partial charge on any atom is -0.490 e. The highest BCUT2D eigenvalue weighted by molar-refractivity contribution is 6.00. The van der Waals surface area contributed by atoms with Gasteiger partial charge in [-0.05, 0) is 39.0 Å². The molecule has 94 valence electrons. The zero-order chi connectivity index (χ0) is 12.8. The molecule has 0 radical (unpaired) electrons. The van der Waals surface area contributed by atoms with E-state index < -0.39 is 6.04 Å². The Balaban J connectivity index is 3.04. The van der Waals surface area contributed by atoms with E-state index in [9.17, 15) is 4.79 Å². The maximum Gasteiger partial charge on any atom is 0.179 e. The molecule has 0 spiro atoms. The number of hydrogen-bond donors (Lipinski definition) is 1. The largest absolute Gasteiger partial charge is 0.490 e. The predicted octanol–water partition coefficient (Wildman–Crippen LogP) is 2.01. The van der Waals surface area contributed by atoms with E-state index in [0.29, 0.717) is 30.3 Å². The van der Waals surface area contributed by atoms with E-state index in [1.807, 2.05) is 13.8 Å². The zero-order valence-electron chi connectivity index (χ0n) is 10.5. The van der Waals surface area contributed by atoms with Crippen LogP contribution < -0.4 is 15.2 Å². The Morgan fingerprint density at radius 1 is 1.24 bits per heavy atom. The number of nitrogens with two attached hydrogens (primary N) is 1. The third-order valence-corrected chi connectivity index (χ3v) is 2.24.